The lowest BCUT2D eigenvalue weighted by molar-refractivity contribution is -0.136. The molecule has 0 N–H and O–H groups in total. The van der Waals surface area contributed by atoms with E-state index in [-0.39, 0.29) is 11.8 Å². The first kappa shape index (κ1) is 16.8. The summed E-state index contributed by atoms with van der Waals surface area (Å²) in [6.45, 7) is 0.902. The minimum Gasteiger partial charge on any atom is -0.493 e. The van der Waals surface area contributed by atoms with Gasteiger partial charge in [-0.15, -0.1) is 0 Å². The largest absolute Gasteiger partial charge is 0.493 e. The van der Waals surface area contributed by atoms with Gasteiger partial charge in [-0.1, -0.05) is 18.2 Å². The molecule has 0 spiro atoms. The molecular weight excluding hydrogens is 350 g/mol. The second-order valence-corrected chi connectivity index (χ2v) is 6.97. The van der Waals surface area contributed by atoms with Gasteiger partial charge < -0.3 is 14.4 Å². The third-order valence-electron chi connectivity index (χ3n) is 4.64. The summed E-state index contributed by atoms with van der Waals surface area (Å²) in [7, 11) is 3.45. The maximum absolute atomic E-state index is 12.9. The first-order chi connectivity index (χ1) is 12.7. The summed E-state index contributed by atoms with van der Waals surface area (Å²) in [4.78, 5) is 14.6. The fourth-order valence-corrected chi connectivity index (χ4v) is 3.82. The number of amides is 1. The monoisotopic (exact) mass is 369 g/mol. The van der Waals surface area contributed by atoms with Gasteiger partial charge in [0.1, 0.15) is 17.6 Å². The molecule has 3 aromatic rings. The van der Waals surface area contributed by atoms with Crippen molar-refractivity contribution in [1.82, 2.24) is 13.6 Å². The van der Waals surface area contributed by atoms with Gasteiger partial charge in [0.15, 0.2) is 11.5 Å². The van der Waals surface area contributed by atoms with Gasteiger partial charge in [0.05, 0.1) is 24.8 Å². The number of methoxy groups -OCH3 is 1. The van der Waals surface area contributed by atoms with Crippen LogP contribution in [0.5, 0.6) is 11.5 Å². The second kappa shape index (κ2) is 6.92. The summed E-state index contributed by atoms with van der Waals surface area (Å²) in [6, 6.07) is 11.7. The van der Waals surface area contributed by atoms with Crippen molar-refractivity contribution in [3.63, 3.8) is 0 Å². The molecule has 1 aliphatic heterocycles. The Morgan fingerprint density at radius 2 is 2.15 bits per heavy atom. The molecule has 1 amide bonds. The van der Waals surface area contributed by atoms with Crippen LogP contribution >= 0.6 is 11.7 Å². The van der Waals surface area contributed by atoms with E-state index in [0.29, 0.717) is 25.3 Å². The van der Waals surface area contributed by atoms with Crippen molar-refractivity contribution in [2.75, 3.05) is 20.8 Å². The van der Waals surface area contributed by atoms with Gasteiger partial charge in [-0.2, -0.15) is 8.75 Å². The van der Waals surface area contributed by atoms with E-state index in [0.717, 1.165) is 27.9 Å². The molecule has 0 unspecified atom stereocenters. The number of ether oxygens (including phenoxy) is 2. The lowest BCUT2D eigenvalue weighted by Gasteiger charge is -2.29. The summed E-state index contributed by atoms with van der Waals surface area (Å²) >= 11 is 1.20. The van der Waals surface area contributed by atoms with E-state index >= 15 is 0 Å². The maximum Gasteiger partial charge on any atom is 0.229 e. The highest BCUT2D eigenvalue weighted by atomic mass is 32.1. The summed E-state index contributed by atoms with van der Waals surface area (Å²) in [5.74, 6) is 1.36. The van der Waals surface area contributed by atoms with E-state index in [1.54, 1.807) is 12.0 Å². The van der Waals surface area contributed by atoms with Crippen LogP contribution in [0.15, 0.2) is 36.4 Å². The molecule has 0 fully saturated rings. The zero-order valence-electron chi connectivity index (χ0n) is 14.6. The lowest BCUT2D eigenvalue weighted by atomic mass is 9.95. The molecule has 0 radical (unpaired) electrons. The van der Waals surface area contributed by atoms with Crippen LogP contribution in [0.25, 0.3) is 11.0 Å². The fraction of sp³-hybridized carbons (Fsp3) is 0.316. The molecule has 134 valence electrons. The number of benzene rings is 2. The molecule has 2 heterocycles. The Morgan fingerprint density at radius 3 is 3.00 bits per heavy atom. The number of aromatic nitrogens is 2. The minimum atomic E-state index is -0.190. The third kappa shape index (κ3) is 3.10. The van der Waals surface area contributed by atoms with E-state index in [9.17, 15) is 4.79 Å². The number of fused-ring (bicyclic) bond motifs is 2. The summed E-state index contributed by atoms with van der Waals surface area (Å²) in [6.07, 6.45) is 0.657. The van der Waals surface area contributed by atoms with Crippen LogP contribution in [0.1, 0.15) is 11.1 Å². The second-order valence-electron chi connectivity index (χ2n) is 6.44. The Labute approximate surface area is 155 Å². The molecule has 26 heavy (non-hydrogen) atoms. The molecule has 0 bridgehead atoms. The SMILES string of the molecule is COc1cccc2c1OC[C@@H](C(=O)N(C)Cc1ccc3nsnc3c1)C2. The van der Waals surface area contributed by atoms with Crippen molar-refractivity contribution in [2.24, 2.45) is 5.92 Å². The van der Waals surface area contributed by atoms with E-state index in [4.69, 9.17) is 9.47 Å². The predicted molar refractivity (Wildman–Crippen MR) is 99.6 cm³/mol. The Bertz CT molecular complexity index is 956. The first-order valence-electron chi connectivity index (χ1n) is 8.40. The summed E-state index contributed by atoms with van der Waals surface area (Å²) in [5.41, 5.74) is 3.81. The van der Waals surface area contributed by atoms with Gasteiger partial charge in [0.2, 0.25) is 5.91 Å². The number of rotatable bonds is 4. The van der Waals surface area contributed by atoms with Crippen molar-refractivity contribution in [1.29, 1.82) is 0 Å². The van der Waals surface area contributed by atoms with Crippen LogP contribution in [0.3, 0.4) is 0 Å². The number of para-hydroxylation sites is 1. The highest BCUT2D eigenvalue weighted by molar-refractivity contribution is 7.00. The van der Waals surface area contributed by atoms with Gasteiger partial charge in [-0.25, -0.2) is 0 Å². The number of hydrogen-bond acceptors (Lipinski definition) is 6. The average molecular weight is 369 g/mol. The van der Waals surface area contributed by atoms with Crippen molar-refractivity contribution >= 4 is 28.7 Å². The standard InChI is InChI=1S/C19H19N3O3S/c1-22(10-12-6-7-15-16(8-12)21-26-20-15)19(23)14-9-13-4-3-5-17(24-2)18(13)25-11-14/h3-8,14H,9-11H2,1-2H3/t14-/m0/s1. The summed E-state index contributed by atoms with van der Waals surface area (Å²) < 4.78 is 19.6. The molecule has 7 heteroatoms. The predicted octanol–water partition coefficient (Wildman–Crippen LogP) is 2.91. The molecular formula is C19H19N3O3S. The molecule has 0 aliphatic carbocycles. The van der Waals surface area contributed by atoms with Crippen molar-refractivity contribution in [3.8, 4) is 11.5 Å². The normalized spacial score (nSPS) is 16.0. The smallest absolute Gasteiger partial charge is 0.229 e. The molecule has 1 aliphatic rings. The Balaban J connectivity index is 1.46. The van der Waals surface area contributed by atoms with Gasteiger partial charge in [0.25, 0.3) is 0 Å². The van der Waals surface area contributed by atoms with E-state index in [1.165, 1.54) is 11.7 Å². The first-order valence-corrected chi connectivity index (χ1v) is 9.13. The lowest BCUT2D eigenvalue weighted by Crippen LogP contribution is -2.38. The number of hydrogen-bond donors (Lipinski definition) is 0. The maximum atomic E-state index is 12.9. The molecule has 6 nitrogen and oxygen atoms in total. The summed E-state index contributed by atoms with van der Waals surface area (Å²) in [5, 5.41) is 0. The third-order valence-corrected chi connectivity index (χ3v) is 5.20. The van der Waals surface area contributed by atoms with E-state index in [2.05, 4.69) is 8.75 Å². The van der Waals surface area contributed by atoms with Gasteiger partial charge in [0, 0.05) is 13.6 Å². The molecule has 0 saturated carbocycles. The Kier molecular flexibility index (Phi) is 4.46. The molecule has 0 saturated heterocycles. The number of carbonyl (C=O) groups excluding carboxylic acids is 1. The van der Waals surface area contributed by atoms with Crippen molar-refractivity contribution in [3.05, 3.63) is 47.5 Å². The number of nitrogens with zero attached hydrogens (tertiary/aromatic N) is 3. The van der Waals surface area contributed by atoms with Gasteiger partial charge in [-0.05, 0) is 35.7 Å². The van der Waals surface area contributed by atoms with Crippen LogP contribution in [0, 0.1) is 5.92 Å². The highest BCUT2D eigenvalue weighted by Gasteiger charge is 2.29. The van der Waals surface area contributed by atoms with E-state index in [1.807, 2.05) is 43.4 Å². The number of carbonyl (C=O) groups is 1. The Morgan fingerprint density at radius 1 is 1.31 bits per heavy atom. The van der Waals surface area contributed by atoms with Crippen LogP contribution in [0.4, 0.5) is 0 Å². The molecule has 1 aromatic heterocycles. The molecule has 4 rings (SSSR count). The Hall–Kier alpha value is -2.67. The van der Waals surface area contributed by atoms with Crippen molar-refractivity contribution in [2.45, 2.75) is 13.0 Å². The highest BCUT2D eigenvalue weighted by Crippen LogP contribution is 2.36. The molecule has 2 aromatic carbocycles. The van der Waals surface area contributed by atoms with Gasteiger partial charge >= 0.3 is 0 Å². The fourth-order valence-electron chi connectivity index (χ4n) is 3.30. The van der Waals surface area contributed by atoms with E-state index < -0.39 is 0 Å². The van der Waals surface area contributed by atoms with Crippen LogP contribution in [0.2, 0.25) is 0 Å². The van der Waals surface area contributed by atoms with Crippen LogP contribution in [-0.2, 0) is 17.8 Å². The quantitative estimate of drug-likeness (QED) is 0.707. The zero-order valence-corrected chi connectivity index (χ0v) is 15.5. The van der Waals surface area contributed by atoms with Gasteiger partial charge in [-0.3, -0.25) is 4.79 Å². The van der Waals surface area contributed by atoms with Crippen LogP contribution in [-0.4, -0.2) is 40.3 Å². The average Bonchev–Trinajstić information content (AvgIpc) is 3.14. The molecule has 1 atom stereocenters. The van der Waals surface area contributed by atoms with Crippen LogP contribution < -0.4 is 9.47 Å². The zero-order chi connectivity index (χ0) is 18.1. The topological polar surface area (TPSA) is 64.6 Å². The van der Waals surface area contributed by atoms with Crippen molar-refractivity contribution < 1.29 is 14.3 Å². The minimum absolute atomic E-state index is 0.0787.